The Hall–Kier alpha value is -4.19. The molecule has 0 aliphatic carbocycles. The summed E-state index contributed by atoms with van der Waals surface area (Å²) in [5.74, 6) is -1.14. The third-order valence-corrected chi connectivity index (χ3v) is 5.58. The molecule has 0 saturated carbocycles. The fourth-order valence-corrected chi connectivity index (χ4v) is 3.71. The molecule has 0 aliphatic heterocycles. The highest BCUT2D eigenvalue weighted by atomic mass is 19.4. The van der Waals surface area contributed by atoms with E-state index in [-0.39, 0.29) is 28.6 Å². The minimum absolute atomic E-state index is 0.128. The van der Waals surface area contributed by atoms with Crippen molar-refractivity contribution in [2.75, 3.05) is 0 Å². The number of ether oxygens (including phenoxy) is 1. The number of hydrogen-bond donors (Lipinski definition) is 1. The molecule has 1 N–H and O–H groups in total. The number of aliphatic hydroxyl groups is 1. The summed E-state index contributed by atoms with van der Waals surface area (Å²) in [5.41, 5.74) is -2.62. The highest BCUT2D eigenvalue weighted by Gasteiger charge is 2.39. The van der Waals surface area contributed by atoms with E-state index >= 15 is 0 Å². The van der Waals surface area contributed by atoms with E-state index in [4.69, 9.17) is 4.74 Å². The van der Waals surface area contributed by atoms with Crippen molar-refractivity contribution in [2.24, 2.45) is 0 Å². The summed E-state index contributed by atoms with van der Waals surface area (Å²) >= 11 is 0. The zero-order chi connectivity index (χ0) is 27.8. The molecule has 38 heavy (non-hydrogen) atoms. The lowest BCUT2D eigenvalue weighted by Crippen LogP contribution is -2.30. The zero-order valence-electron chi connectivity index (χ0n) is 20.8. The van der Waals surface area contributed by atoms with Gasteiger partial charge in [-0.05, 0) is 57.5 Å². The van der Waals surface area contributed by atoms with Crippen molar-refractivity contribution in [2.45, 2.75) is 46.1 Å². The van der Waals surface area contributed by atoms with Crippen LogP contribution in [0.4, 0.5) is 17.6 Å². The second-order valence-electron chi connectivity index (χ2n) is 9.10. The quantitative estimate of drug-likeness (QED) is 0.362. The summed E-state index contributed by atoms with van der Waals surface area (Å²) in [7, 11) is 0. The molecule has 0 amide bonds. The van der Waals surface area contributed by atoms with Crippen molar-refractivity contribution in [3.05, 3.63) is 93.4 Å². The summed E-state index contributed by atoms with van der Waals surface area (Å²) in [5, 5.41) is 10.2. The average molecular weight is 529 g/mol. The molecule has 12 heteroatoms. The van der Waals surface area contributed by atoms with Gasteiger partial charge in [-0.1, -0.05) is 0 Å². The van der Waals surface area contributed by atoms with E-state index in [0.717, 1.165) is 22.9 Å². The van der Waals surface area contributed by atoms with E-state index in [0.29, 0.717) is 11.3 Å². The first-order valence-corrected chi connectivity index (χ1v) is 11.4. The van der Waals surface area contributed by atoms with Crippen molar-refractivity contribution in [3.63, 3.8) is 0 Å². The molecular weight excluding hydrogens is 506 g/mol. The lowest BCUT2D eigenvalue weighted by Gasteiger charge is -2.20. The third-order valence-electron chi connectivity index (χ3n) is 5.58. The summed E-state index contributed by atoms with van der Waals surface area (Å²) in [6.07, 6.45) is -1.27. The Labute approximate surface area is 214 Å². The van der Waals surface area contributed by atoms with Crippen LogP contribution in [0.5, 0.6) is 5.75 Å². The highest BCUT2D eigenvalue weighted by Crippen LogP contribution is 2.35. The normalized spacial score (nSPS) is 12.0. The molecule has 0 bridgehead atoms. The minimum Gasteiger partial charge on any atom is -0.486 e. The smallest absolute Gasteiger partial charge is 0.425 e. The molecule has 198 valence electrons. The van der Waals surface area contributed by atoms with Gasteiger partial charge in [-0.2, -0.15) is 13.2 Å². The van der Waals surface area contributed by atoms with Gasteiger partial charge in [0.05, 0.1) is 29.0 Å². The van der Waals surface area contributed by atoms with Crippen LogP contribution in [-0.2, 0) is 18.4 Å². The number of hydrogen-bond acceptors (Lipinski definition) is 7. The molecule has 0 unspecified atom stereocenters. The molecule has 0 aliphatic rings. The van der Waals surface area contributed by atoms with Crippen LogP contribution >= 0.6 is 0 Å². The van der Waals surface area contributed by atoms with Gasteiger partial charge < -0.3 is 9.84 Å². The number of aryl methyl sites for hydroxylation is 2. The Kier molecular flexibility index (Phi) is 7.02. The third kappa shape index (κ3) is 5.54. The standard InChI is InChI=1S/C26H23F4N5O3/c1-14-11-33-19(18-7-8-31-24(34-18)25(3,4)37)10-20(14)35-15(2)9-21(22(23(35)36)26(28,29)30)38-13-17-6-5-16(27)12-32-17/h5-12,37H,13H2,1-4H3. The molecule has 8 nitrogen and oxygen atoms in total. The maximum Gasteiger partial charge on any atom is 0.425 e. The lowest BCUT2D eigenvalue weighted by molar-refractivity contribution is -0.140. The number of aromatic nitrogens is 5. The second kappa shape index (κ2) is 9.93. The molecule has 0 atom stereocenters. The number of pyridine rings is 3. The van der Waals surface area contributed by atoms with Gasteiger partial charge in [-0.25, -0.2) is 14.4 Å². The van der Waals surface area contributed by atoms with Crippen LogP contribution in [0.15, 0.2) is 53.7 Å². The predicted molar refractivity (Wildman–Crippen MR) is 129 cm³/mol. The molecule has 4 heterocycles. The van der Waals surface area contributed by atoms with Crippen molar-refractivity contribution in [3.8, 4) is 22.8 Å². The van der Waals surface area contributed by atoms with Gasteiger partial charge in [0.2, 0.25) is 0 Å². The van der Waals surface area contributed by atoms with Crippen molar-refractivity contribution in [1.29, 1.82) is 0 Å². The fourth-order valence-electron chi connectivity index (χ4n) is 3.71. The fraction of sp³-hybridized carbons (Fsp3) is 0.269. The predicted octanol–water partition coefficient (Wildman–Crippen LogP) is 4.67. The molecule has 0 spiro atoms. The molecule has 4 rings (SSSR count). The maximum atomic E-state index is 14.1. The average Bonchev–Trinajstić information content (AvgIpc) is 2.83. The summed E-state index contributed by atoms with van der Waals surface area (Å²) in [6, 6.07) is 6.47. The Morgan fingerprint density at radius 3 is 2.37 bits per heavy atom. The van der Waals surface area contributed by atoms with Gasteiger partial charge in [0.25, 0.3) is 5.56 Å². The van der Waals surface area contributed by atoms with Crippen molar-refractivity contribution < 1.29 is 27.4 Å². The minimum atomic E-state index is -5.03. The molecular formula is C26H23F4N5O3. The van der Waals surface area contributed by atoms with Gasteiger partial charge >= 0.3 is 6.18 Å². The van der Waals surface area contributed by atoms with Gasteiger partial charge in [-0.15, -0.1) is 0 Å². The molecule has 4 aromatic rings. The monoisotopic (exact) mass is 529 g/mol. The van der Waals surface area contributed by atoms with Crippen LogP contribution in [0.2, 0.25) is 0 Å². The Balaban J connectivity index is 1.82. The van der Waals surface area contributed by atoms with Gasteiger partial charge in [0.1, 0.15) is 23.8 Å². The summed E-state index contributed by atoms with van der Waals surface area (Å²) in [4.78, 5) is 29.8. The molecule has 4 aromatic heterocycles. The van der Waals surface area contributed by atoms with Crippen molar-refractivity contribution in [1.82, 2.24) is 24.5 Å². The van der Waals surface area contributed by atoms with E-state index in [1.54, 1.807) is 6.92 Å². The first-order chi connectivity index (χ1) is 17.8. The van der Waals surface area contributed by atoms with E-state index < -0.39 is 41.1 Å². The lowest BCUT2D eigenvalue weighted by atomic mass is 10.1. The van der Waals surface area contributed by atoms with Crippen LogP contribution in [0.1, 0.15) is 42.2 Å². The number of alkyl halides is 3. The maximum absolute atomic E-state index is 14.1. The van der Waals surface area contributed by atoms with E-state index in [1.165, 1.54) is 51.4 Å². The van der Waals surface area contributed by atoms with Crippen LogP contribution in [-0.4, -0.2) is 29.6 Å². The number of nitrogens with zero attached hydrogens (tertiary/aromatic N) is 5. The second-order valence-corrected chi connectivity index (χ2v) is 9.10. The molecule has 0 aromatic carbocycles. The Bertz CT molecular complexity index is 1540. The van der Waals surface area contributed by atoms with Crippen LogP contribution < -0.4 is 10.3 Å². The topological polar surface area (TPSA) is 103 Å². The SMILES string of the molecule is Cc1cnc(-c2ccnc(C(C)(C)O)n2)cc1-n1c(C)cc(OCc2ccc(F)cn2)c(C(F)(F)F)c1=O. The van der Waals surface area contributed by atoms with Crippen LogP contribution in [0.3, 0.4) is 0 Å². The molecule has 0 fully saturated rings. The highest BCUT2D eigenvalue weighted by molar-refractivity contribution is 5.59. The Morgan fingerprint density at radius 2 is 1.74 bits per heavy atom. The van der Waals surface area contributed by atoms with E-state index in [1.807, 2.05) is 0 Å². The van der Waals surface area contributed by atoms with Crippen LogP contribution in [0.25, 0.3) is 17.1 Å². The zero-order valence-corrected chi connectivity index (χ0v) is 20.8. The first kappa shape index (κ1) is 26.9. The van der Waals surface area contributed by atoms with E-state index in [2.05, 4.69) is 19.9 Å². The van der Waals surface area contributed by atoms with Gasteiger partial charge in [0, 0.05) is 24.2 Å². The molecule has 0 saturated heterocycles. The van der Waals surface area contributed by atoms with Gasteiger partial charge in [-0.3, -0.25) is 19.3 Å². The summed E-state index contributed by atoms with van der Waals surface area (Å²) < 4.78 is 61.7. The number of halogens is 4. The first-order valence-electron chi connectivity index (χ1n) is 11.4. The summed E-state index contributed by atoms with van der Waals surface area (Å²) in [6.45, 7) is 5.70. The Morgan fingerprint density at radius 1 is 1.00 bits per heavy atom. The van der Waals surface area contributed by atoms with E-state index in [9.17, 15) is 27.5 Å². The van der Waals surface area contributed by atoms with Crippen LogP contribution in [0, 0.1) is 19.7 Å². The van der Waals surface area contributed by atoms with Gasteiger partial charge in [0.15, 0.2) is 11.4 Å². The molecule has 0 radical (unpaired) electrons. The number of rotatable bonds is 6. The largest absolute Gasteiger partial charge is 0.486 e. The van der Waals surface area contributed by atoms with Crippen molar-refractivity contribution >= 4 is 0 Å².